The molecule has 0 spiro atoms. The van der Waals surface area contributed by atoms with Gasteiger partial charge in [-0.05, 0) is 31.4 Å². The topological polar surface area (TPSA) is 49.4 Å². The molecule has 0 aromatic heterocycles. The Labute approximate surface area is 132 Å². The van der Waals surface area contributed by atoms with Gasteiger partial charge in [-0.25, -0.2) is 0 Å². The van der Waals surface area contributed by atoms with Crippen molar-refractivity contribution in [2.45, 2.75) is 46.6 Å². The fourth-order valence-corrected chi connectivity index (χ4v) is 2.46. The molecular weight excluding hydrogens is 276 g/mol. The molecular formula is C18H24N2O2. The van der Waals surface area contributed by atoms with Crippen molar-refractivity contribution in [3.63, 3.8) is 0 Å². The van der Waals surface area contributed by atoms with Crippen LogP contribution in [0, 0.1) is 26.2 Å². The number of nitrogens with zero attached hydrogens (tertiary/aromatic N) is 1. The molecule has 0 saturated carbocycles. The number of aryl methyl sites for hydroxylation is 2. The molecule has 0 fully saturated rings. The molecule has 0 radical (unpaired) electrons. The zero-order valence-corrected chi connectivity index (χ0v) is 13.8. The highest BCUT2D eigenvalue weighted by molar-refractivity contribution is 5.98. The lowest BCUT2D eigenvalue weighted by Crippen LogP contribution is -2.46. The van der Waals surface area contributed by atoms with E-state index in [9.17, 15) is 9.59 Å². The molecule has 1 aromatic rings. The smallest absolute Gasteiger partial charge is 0.247 e. The molecule has 0 heterocycles. The van der Waals surface area contributed by atoms with Gasteiger partial charge in [0.05, 0.1) is 6.54 Å². The van der Waals surface area contributed by atoms with Gasteiger partial charge in [0.15, 0.2) is 0 Å². The number of terminal acetylenes is 1. The lowest BCUT2D eigenvalue weighted by molar-refractivity contribution is -0.136. The minimum absolute atomic E-state index is 0.139. The van der Waals surface area contributed by atoms with Gasteiger partial charge >= 0.3 is 0 Å². The van der Waals surface area contributed by atoms with Crippen LogP contribution in [0.2, 0.25) is 0 Å². The van der Waals surface area contributed by atoms with Crippen molar-refractivity contribution in [2.24, 2.45) is 0 Å². The van der Waals surface area contributed by atoms with E-state index in [0.29, 0.717) is 6.42 Å². The molecule has 1 N–H and O–H groups in total. The van der Waals surface area contributed by atoms with Gasteiger partial charge in [-0.3, -0.25) is 9.59 Å². The second-order valence-electron chi connectivity index (χ2n) is 5.41. The summed E-state index contributed by atoms with van der Waals surface area (Å²) in [6.45, 7) is 7.45. The maximum Gasteiger partial charge on any atom is 0.247 e. The van der Waals surface area contributed by atoms with Crippen molar-refractivity contribution in [1.82, 2.24) is 4.90 Å². The van der Waals surface area contributed by atoms with Gasteiger partial charge in [0.1, 0.15) is 6.04 Å². The van der Waals surface area contributed by atoms with Gasteiger partial charge < -0.3 is 10.2 Å². The van der Waals surface area contributed by atoms with E-state index in [2.05, 4.69) is 11.2 Å². The Balaban J connectivity index is 3.03. The lowest BCUT2D eigenvalue weighted by Gasteiger charge is -2.28. The Kier molecular flexibility index (Phi) is 6.65. The number of amides is 2. The first kappa shape index (κ1) is 17.8. The number of nitrogens with one attached hydrogen (secondary N) is 1. The van der Waals surface area contributed by atoms with Crippen molar-refractivity contribution < 1.29 is 9.59 Å². The van der Waals surface area contributed by atoms with E-state index in [4.69, 9.17) is 6.42 Å². The van der Waals surface area contributed by atoms with Crippen LogP contribution in [0.1, 0.15) is 37.8 Å². The molecule has 1 unspecified atom stereocenters. The van der Waals surface area contributed by atoms with E-state index in [1.165, 1.54) is 11.8 Å². The van der Waals surface area contributed by atoms with Gasteiger partial charge in [0.2, 0.25) is 11.8 Å². The predicted octanol–water partition coefficient (Wildman–Crippen LogP) is 2.89. The van der Waals surface area contributed by atoms with Crippen LogP contribution in [0.25, 0.3) is 0 Å². The standard InChI is InChI=1S/C18H24N2O2/c1-6-9-16(20(12-7-2)15(5)21)18(22)19-17-13(3)10-8-11-14(17)4/h2,8,10-11,16H,6,9,12H2,1,3-5H3,(H,19,22). The van der Waals surface area contributed by atoms with Crippen molar-refractivity contribution in [3.8, 4) is 12.3 Å². The SMILES string of the molecule is C#CCN(C(C)=O)C(CCC)C(=O)Nc1c(C)cccc1C. The summed E-state index contributed by atoms with van der Waals surface area (Å²) < 4.78 is 0. The van der Waals surface area contributed by atoms with Gasteiger partial charge in [0, 0.05) is 12.6 Å². The average Bonchev–Trinajstić information content (AvgIpc) is 2.46. The summed E-state index contributed by atoms with van der Waals surface area (Å²) in [5.74, 6) is 2.08. The van der Waals surface area contributed by atoms with Crippen molar-refractivity contribution in [1.29, 1.82) is 0 Å². The van der Waals surface area contributed by atoms with Gasteiger partial charge in [0.25, 0.3) is 0 Å². The second-order valence-corrected chi connectivity index (χ2v) is 5.41. The fourth-order valence-electron chi connectivity index (χ4n) is 2.46. The Morgan fingerprint density at radius 2 is 1.91 bits per heavy atom. The summed E-state index contributed by atoms with van der Waals surface area (Å²) >= 11 is 0. The summed E-state index contributed by atoms with van der Waals surface area (Å²) in [6.07, 6.45) is 6.70. The molecule has 1 aromatic carbocycles. The summed E-state index contributed by atoms with van der Waals surface area (Å²) in [4.78, 5) is 25.9. The molecule has 0 aliphatic rings. The van der Waals surface area contributed by atoms with Crippen LogP contribution in [0.3, 0.4) is 0 Å². The minimum Gasteiger partial charge on any atom is -0.324 e. The van der Waals surface area contributed by atoms with Crippen LogP contribution < -0.4 is 5.32 Å². The maximum absolute atomic E-state index is 12.7. The van der Waals surface area contributed by atoms with E-state index in [0.717, 1.165) is 23.2 Å². The molecule has 0 aliphatic heterocycles. The van der Waals surface area contributed by atoms with Crippen LogP contribution >= 0.6 is 0 Å². The molecule has 1 atom stereocenters. The number of rotatable bonds is 6. The van der Waals surface area contributed by atoms with Crippen LogP contribution in [0.5, 0.6) is 0 Å². The number of para-hydroxylation sites is 1. The molecule has 0 aliphatic carbocycles. The number of hydrogen-bond acceptors (Lipinski definition) is 2. The third-order valence-electron chi connectivity index (χ3n) is 3.64. The van der Waals surface area contributed by atoms with E-state index >= 15 is 0 Å². The Morgan fingerprint density at radius 3 is 2.36 bits per heavy atom. The number of carbonyl (C=O) groups is 2. The molecule has 22 heavy (non-hydrogen) atoms. The molecule has 4 heteroatoms. The molecule has 4 nitrogen and oxygen atoms in total. The number of benzene rings is 1. The Bertz CT molecular complexity index is 567. The number of hydrogen-bond donors (Lipinski definition) is 1. The molecule has 0 bridgehead atoms. The summed E-state index contributed by atoms with van der Waals surface area (Å²) in [7, 11) is 0. The van der Waals surface area contributed by atoms with Crippen LogP contribution in [-0.4, -0.2) is 29.3 Å². The van der Waals surface area contributed by atoms with E-state index in [1.54, 1.807) is 0 Å². The summed E-state index contributed by atoms with van der Waals surface area (Å²) in [6, 6.07) is 5.30. The highest BCUT2D eigenvalue weighted by Crippen LogP contribution is 2.21. The number of anilines is 1. The van der Waals surface area contributed by atoms with Gasteiger partial charge in [-0.1, -0.05) is 37.5 Å². The highest BCUT2D eigenvalue weighted by Gasteiger charge is 2.27. The quantitative estimate of drug-likeness (QED) is 0.821. The monoisotopic (exact) mass is 300 g/mol. The van der Waals surface area contributed by atoms with Crippen molar-refractivity contribution in [3.05, 3.63) is 29.3 Å². The highest BCUT2D eigenvalue weighted by atomic mass is 16.2. The third-order valence-corrected chi connectivity index (χ3v) is 3.64. The van der Waals surface area contributed by atoms with E-state index < -0.39 is 6.04 Å². The van der Waals surface area contributed by atoms with E-state index in [-0.39, 0.29) is 18.4 Å². The van der Waals surface area contributed by atoms with Gasteiger partial charge in [-0.2, -0.15) is 0 Å². The fraction of sp³-hybridized carbons (Fsp3) is 0.444. The minimum atomic E-state index is -0.544. The molecule has 118 valence electrons. The van der Waals surface area contributed by atoms with Crippen molar-refractivity contribution >= 4 is 17.5 Å². The van der Waals surface area contributed by atoms with Crippen LogP contribution in [-0.2, 0) is 9.59 Å². The Hall–Kier alpha value is -2.28. The summed E-state index contributed by atoms with van der Waals surface area (Å²) in [5.41, 5.74) is 2.79. The largest absolute Gasteiger partial charge is 0.324 e. The number of carbonyl (C=O) groups excluding carboxylic acids is 2. The first-order valence-corrected chi connectivity index (χ1v) is 7.50. The molecule has 1 rings (SSSR count). The lowest BCUT2D eigenvalue weighted by atomic mass is 10.1. The predicted molar refractivity (Wildman–Crippen MR) is 89.5 cm³/mol. The first-order valence-electron chi connectivity index (χ1n) is 7.50. The maximum atomic E-state index is 12.7. The zero-order valence-electron chi connectivity index (χ0n) is 13.8. The Morgan fingerprint density at radius 1 is 1.32 bits per heavy atom. The van der Waals surface area contributed by atoms with Crippen molar-refractivity contribution in [2.75, 3.05) is 11.9 Å². The third kappa shape index (κ3) is 4.36. The summed E-state index contributed by atoms with van der Waals surface area (Å²) in [5, 5.41) is 2.96. The van der Waals surface area contributed by atoms with E-state index in [1.807, 2.05) is 39.0 Å². The van der Waals surface area contributed by atoms with Crippen LogP contribution in [0.15, 0.2) is 18.2 Å². The first-order chi connectivity index (χ1) is 10.4. The molecule has 2 amide bonds. The average molecular weight is 300 g/mol. The molecule has 0 saturated heterocycles. The zero-order chi connectivity index (χ0) is 16.7. The normalized spacial score (nSPS) is 11.4. The van der Waals surface area contributed by atoms with Crippen LogP contribution in [0.4, 0.5) is 5.69 Å². The van der Waals surface area contributed by atoms with Gasteiger partial charge in [-0.15, -0.1) is 6.42 Å². The second kappa shape index (κ2) is 8.23.